The molecule has 44 heavy (non-hydrogen) atoms. The highest BCUT2D eigenvalue weighted by atomic mass is 16.5. The number of carbonyl (C=O) groups is 3. The number of fused-ring (bicyclic) bond motifs is 9. The molecule has 2 N–H and O–H groups in total. The lowest BCUT2D eigenvalue weighted by Gasteiger charge is -2.39. The molecule has 0 spiro atoms. The molecule has 3 aliphatic heterocycles. The van der Waals surface area contributed by atoms with Gasteiger partial charge in [-0.15, -0.1) is 0 Å². The Bertz CT molecular complexity index is 1440. The zero-order valence-electron chi connectivity index (χ0n) is 25.3. The maximum atomic E-state index is 13.4. The Labute approximate surface area is 257 Å². The van der Waals surface area contributed by atoms with Crippen molar-refractivity contribution in [2.45, 2.75) is 64.7 Å². The number of ether oxygens (including phenoxy) is 2. The van der Waals surface area contributed by atoms with Gasteiger partial charge in [0.1, 0.15) is 17.3 Å². The van der Waals surface area contributed by atoms with E-state index < -0.39 is 6.04 Å². The topological polar surface area (TPSA) is 134 Å². The Morgan fingerprint density at radius 2 is 1.89 bits per heavy atom. The molecule has 2 atom stereocenters. The summed E-state index contributed by atoms with van der Waals surface area (Å²) in [5.41, 5.74) is 3.35. The van der Waals surface area contributed by atoms with Crippen molar-refractivity contribution in [3.63, 3.8) is 0 Å². The fourth-order valence-electron chi connectivity index (χ4n) is 5.66. The third-order valence-corrected chi connectivity index (χ3v) is 8.18. The van der Waals surface area contributed by atoms with Gasteiger partial charge in [0.15, 0.2) is 0 Å². The second-order valence-corrected chi connectivity index (χ2v) is 11.4. The van der Waals surface area contributed by atoms with E-state index in [0.29, 0.717) is 55.4 Å². The molecule has 0 unspecified atom stereocenters. The Kier molecular flexibility index (Phi) is 10.3. The molecule has 3 amide bonds. The first kappa shape index (κ1) is 31.2. The quantitative estimate of drug-likeness (QED) is 0.454. The standard InChI is InChI=1S/C33H40N4O7/c1-22-28(23(2)44-35-22)18-33(41)37-15-13-30-29(19-37)34-31(39)20-36(14-4-16-38)32(40)12-9-24-7-10-26(11-8-24)43-27-6-3-5-25(17-27)21-42-30/h3,5-8,10-11,17,29-30,38H,4,9,12-16,18-21H2,1-2H3,(H,34,39)/t29-,30-/m0/s1. The van der Waals surface area contributed by atoms with Crippen LogP contribution < -0.4 is 10.1 Å². The Hall–Kier alpha value is -4.22. The van der Waals surface area contributed by atoms with Gasteiger partial charge in [-0.1, -0.05) is 29.4 Å². The maximum Gasteiger partial charge on any atom is 0.239 e. The average molecular weight is 605 g/mol. The van der Waals surface area contributed by atoms with Crippen LogP contribution in [0.25, 0.3) is 0 Å². The lowest BCUT2D eigenvalue weighted by Crippen LogP contribution is -2.58. The van der Waals surface area contributed by atoms with Crippen LogP contribution in [0, 0.1) is 13.8 Å². The van der Waals surface area contributed by atoms with Gasteiger partial charge in [-0.3, -0.25) is 14.4 Å². The molecular weight excluding hydrogens is 564 g/mol. The van der Waals surface area contributed by atoms with Crippen molar-refractivity contribution in [3.05, 3.63) is 76.7 Å². The number of likely N-dealkylation sites (tertiary alicyclic amines) is 1. The van der Waals surface area contributed by atoms with E-state index in [0.717, 1.165) is 16.7 Å². The number of aromatic nitrogens is 1. The Morgan fingerprint density at radius 3 is 2.64 bits per heavy atom. The van der Waals surface area contributed by atoms with Crippen LogP contribution in [0.3, 0.4) is 0 Å². The fraction of sp³-hybridized carbons (Fsp3) is 0.455. The van der Waals surface area contributed by atoms with Crippen LogP contribution in [0.1, 0.15) is 47.4 Å². The molecule has 0 aliphatic carbocycles. The van der Waals surface area contributed by atoms with E-state index in [-0.39, 0.29) is 62.9 Å². The molecule has 3 aliphatic rings. The molecule has 234 valence electrons. The highest BCUT2D eigenvalue weighted by molar-refractivity contribution is 5.85. The summed E-state index contributed by atoms with van der Waals surface area (Å²) in [5, 5.41) is 16.4. The maximum absolute atomic E-state index is 13.4. The van der Waals surface area contributed by atoms with E-state index in [4.69, 9.17) is 14.0 Å². The SMILES string of the molecule is Cc1noc(C)c1CC(=O)N1CC[C@@H]2OCc3cccc(c3)Oc3ccc(cc3)CCC(=O)N(CCCO)CC(=O)N[C@H]2C1. The lowest BCUT2D eigenvalue weighted by molar-refractivity contribution is -0.139. The van der Waals surface area contributed by atoms with E-state index in [1.54, 1.807) is 11.8 Å². The van der Waals surface area contributed by atoms with Crippen molar-refractivity contribution in [1.82, 2.24) is 20.3 Å². The molecule has 11 nitrogen and oxygen atoms in total. The van der Waals surface area contributed by atoms with Crippen molar-refractivity contribution in [2.75, 3.05) is 32.8 Å². The number of piperidine rings is 1. The van der Waals surface area contributed by atoms with Crippen LogP contribution in [0.5, 0.6) is 11.5 Å². The molecule has 11 heteroatoms. The van der Waals surface area contributed by atoms with Crippen LogP contribution in [-0.4, -0.2) is 82.7 Å². The number of benzene rings is 2. The predicted octanol–water partition coefficient (Wildman–Crippen LogP) is 3.09. The molecule has 0 radical (unpaired) electrons. The van der Waals surface area contributed by atoms with Crippen molar-refractivity contribution < 1.29 is 33.5 Å². The molecule has 4 bridgehead atoms. The van der Waals surface area contributed by atoms with Crippen molar-refractivity contribution in [2.24, 2.45) is 0 Å². The first-order chi connectivity index (χ1) is 21.3. The lowest BCUT2D eigenvalue weighted by atomic mass is 10.00. The number of carbonyl (C=O) groups excluding carboxylic acids is 3. The van der Waals surface area contributed by atoms with Gasteiger partial charge in [0.25, 0.3) is 0 Å². The minimum atomic E-state index is -0.489. The van der Waals surface area contributed by atoms with E-state index in [1.807, 2.05) is 55.5 Å². The van der Waals surface area contributed by atoms with Crippen LogP contribution >= 0.6 is 0 Å². The van der Waals surface area contributed by atoms with Crippen molar-refractivity contribution >= 4 is 17.7 Å². The summed E-state index contributed by atoms with van der Waals surface area (Å²) in [5.74, 6) is 1.38. The van der Waals surface area contributed by atoms with Gasteiger partial charge in [0, 0.05) is 38.2 Å². The summed E-state index contributed by atoms with van der Waals surface area (Å²) in [6, 6.07) is 14.8. The molecule has 2 aromatic carbocycles. The number of nitrogens with zero attached hydrogens (tertiary/aromatic N) is 3. The van der Waals surface area contributed by atoms with Gasteiger partial charge < -0.3 is 34.2 Å². The van der Waals surface area contributed by atoms with Crippen LogP contribution in [0.2, 0.25) is 0 Å². The highest BCUT2D eigenvalue weighted by Gasteiger charge is 2.34. The summed E-state index contributed by atoms with van der Waals surface area (Å²) >= 11 is 0. The van der Waals surface area contributed by atoms with E-state index in [2.05, 4.69) is 10.5 Å². The number of aliphatic hydroxyl groups excluding tert-OH is 1. The number of aliphatic hydroxyl groups is 1. The second kappa shape index (κ2) is 14.5. The van der Waals surface area contributed by atoms with Crippen LogP contribution in [0.15, 0.2) is 53.1 Å². The van der Waals surface area contributed by atoms with Gasteiger partial charge >= 0.3 is 0 Å². The van der Waals surface area contributed by atoms with Crippen molar-refractivity contribution in [1.29, 1.82) is 0 Å². The zero-order chi connectivity index (χ0) is 31.1. The molecule has 1 aromatic heterocycles. The second-order valence-electron chi connectivity index (χ2n) is 11.4. The van der Waals surface area contributed by atoms with Gasteiger partial charge in [0.05, 0.1) is 37.4 Å². The predicted molar refractivity (Wildman–Crippen MR) is 161 cm³/mol. The molecule has 3 aromatic rings. The smallest absolute Gasteiger partial charge is 0.239 e. The largest absolute Gasteiger partial charge is 0.457 e. The minimum absolute atomic E-state index is 0.0842. The summed E-state index contributed by atoms with van der Waals surface area (Å²) in [6.45, 7) is 4.65. The molecular formula is C33H40N4O7. The van der Waals surface area contributed by atoms with Gasteiger partial charge in [-0.05, 0) is 68.5 Å². The van der Waals surface area contributed by atoms with Crippen LogP contribution in [0.4, 0.5) is 0 Å². The van der Waals surface area contributed by atoms with Crippen molar-refractivity contribution in [3.8, 4) is 11.5 Å². The normalized spacial score (nSPS) is 19.8. The minimum Gasteiger partial charge on any atom is -0.457 e. The number of rotatable bonds is 5. The summed E-state index contributed by atoms with van der Waals surface area (Å²) < 4.78 is 17.7. The molecule has 1 saturated heterocycles. The highest BCUT2D eigenvalue weighted by Crippen LogP contribution is 2.25. The number of hydrogen-bond donors (Lipinski definition) is 2. The summed E-state index contributed by atoms with van der Waals surface area (Å²) in [4.78, 5) is 43.1. The third kappa shape index (κ3) is 8.03. The number of hydrogen-bond acceptors (Lipinski definition) is 8. The first-order valence-corrected chi connectivity index (χ1v) is 15.1. The summed E-state index contributed by atoms with van der Waals surface area (Å²) in [7, 11) is 0. The summed E-state index contributed by atoms with van der Waals surface area (Å²) in [6.07, 6.45) is 1.41. The first-order valence-electron chi connectivity index (χ1n) is 15.1. The van der Waals surface area contributed by atoms with Gasteiger partial charge in [-0.25, -0.2) is 0 Å². The van der Waals surface area contributed by atoms with Gasteiger partial charge in [-0.2, -0.15) is 0 Å². The fourth-order valence-corrected chi connectivity index (χ4v) is 5.66. The monoisotopic (exact) mass is 604 g/mol. The zero-order valence-corrected chi connectivity index (χ0v) is 25.3. The molecule has 6 rings (SSSR count). The third-order valence-electron chi connectivity index (χ3n) is 8.18. The molecule has 4 heterocycles. The van der Waals surface area contributed by atoms with E-state index in [9.17, 15) is 19.5 Å². The molecule has 0 saturated carbocycles. The Balaban J connectivity index is 1.36. The number of amides is 3. The van der Waals surface area contributed by atoms with E-state index >= 15 is 0 Å². The molecule has 1 fully saturated rings. The number of aryl methyl sites for hydroxylation is 3. The number of nitrogens with one attached hydrogen (secondary N) is 1. The Morgan fingerprint density at radius 1 is 1.07 bits per heavy atom. The average Bonchev–Trinajstić information content (AvgIpc) is 3.33. The van der Waals surface area contributed by atoms with Gasteiger partial charge in [0.2, 0.25) is 17.7 Å². The van der Waals surface area contributed by atoms with E-state index in [1.165, 1.54) is 4.90 Å². The van der Waals surface area contributed by atoms with Crippen LogP contribution in [-0.2, 0) is 38.6 Å².